The number of nitrogens with zero attached hydrogens (tertiary/aromatic N) is 3. The molecule has 5 rings (SSSR count). The Kier molecular flexibility index (Phi) is 6.12. The molecular formula is C26H29FN4. The van der Waals surface area contributed by atoms with E-state index in [2.05, 4.69) is 49.2 Å². The van der Waals surface area contributed by atoms with Crippen molar-refractivity contribution in [1.29, 1.82) is 0 Å². The van der Waals surface area contributed by atoms with E-state index in [-0.39, 0.29) is 7.24 Å². The number of aromatic nitrogens is 4. The molecule has 31 heavy (non-hydrogen) atoms. The van der Waals surface area contributed by atoms with Gasteiger partial charge in [0.05, 0.1) is 23.3 Å². The highest BCUT2D eigenvalue weighted by atomic mass is 19.1. The minimum atomic E-state index is -0.207. The van der Waals surface area contributed by atoms with Crippen LogP contribution in [0, 0.1) is 5.82 Å². The smallest absolute Gasteiger partial charge is 0.123 e. The van der Waals surface area contributed by atoms with Crippen molar-refractivity contribution in [3.05, 3.63) is 95.6 Å². The maximum Gasteiger partial charge on any atom is 0.123 e. The summed E-state index contributed by atoms with van der Waals surface area (Å²) < 4.78 is 15.0. The zero-order valence-corrected chi connectivity index (χ0v) is 18.1. The number of para-hydroxylation sites is 2. The summed E-state index contributed by atoms with van der Waals surface area (Å²) in [5.41, 5.74) is 5.57. The van der Waals surface area contributed by atoms with Crippen LogP contribution in [0.5, 0.6) is 0 Å². The molecule has 0 unspecified atom stereocenters. The Bertz CT molecular complexity index is 1290. The van der Waals surface area contributed by atoms with Gasteiger partial charge in [0.1, 0.15) is 5.82 Å². The van der Waals surface area contributed by atoms with Crippen LogP contribution in [0.3, 0.4) is 0 Å². The van der Waals surface area contributed by atoms with Gasteiger partial charge in [0.25, 0.3) is 0 Å². The van der Waals surface area contributed by atoms with Crippen LogP contribution in [0.2, 0.25) is 0 Å². The van der Waals surface area contributed by atoms with Gasteiger partial charge in [-0.1, -0.05) is 69.3 Å². The van der Waals surface area contributed by atoms with Gasteiger partial charge in [-0.05, 0) is 42.2 Å². The number of rotatable bonds is 4. The molecule has 3 aromatic carbocycles. The molecule has 0 saturated heterocycles. The van der Waals surface area contributed by atoms with Crippen LogP contribution < -0.4 is 0 Å². The van der Waals surface area contributed by atoms with E-state index in [0.717, 1.165) is 28.7 Å². The first-order chi connectivity index (χ1) is 15.1. The summed E-state index contributed by atoms with van der Waals surface area (Å²) in [6.07, 6.45) is 1.01. The van der Waals surface area contributed by atoms with Crippen molar-refractivity contribution >= 4 is 21.8 Å². The Balaban J connectivity index is 0.000000204. The first kappa shape index (κ1) is 20.8. The van der Waals surface area contributed by atoms with Crippen LogP contribution in [-0.2, 0) is 13.0 Å². The highest BCUT2D eigenvalue weighted by Crippen LogP contribution is 2.25. The molecule has 0 saturated carbocycles. The topological polar surface area (TPSA) is 46.5 Å². The van der Waals surface area contributed by atoms with Crippen molar-refractivity contribution in [2.24, 2.45) is 0 Å². The largest absolute Gasteiger partial charge is 0.281 e. The third kappa shape index (κ3) is 4.50. The average molecular weight is 417 g/mol. The number of benzene rings is 3. The molecule has 4 nitrogen and oxygen atoms in total. The molecule has 0 aliphatic carbocycles. The second-order valence-electron chi connectivity index (χ2n) is 7.91. The fourth-order valence-corrected chi connectivity index (χ4v) is 3.75. The highest BCUT2D eigenvalue weighted by molar-refractivity contribution is 5.82. The van der Waals surface area contributed by atoms with Gasteiger partial charge >= 0.3 is 0 Å². The maximum absolute atomic E-state index is 13.0. The first-order valence-corrected chi connectivity index (χ1v) is 10.7. The highest BCUT2D eigenvalue weighted by Gasteiger charge is 2.12. The average Bonchev–Trinajstić information content (AvgIpc) is 3.37. The van der Waals surface area contributed by atoms with Crippen LogP contribution in [0.15, 0.2) is 72.8 Å². The van der Waals surface area contributed by atoms with Crippen LogP contribution >= 0.6 is 0 Å². The second kappa shape index (κ2) is 9.13. The molecule has 0 amide bonds. The molecule has 0 spiro atoms. The summed E-state index contributed by atoms with van der Waals surface area (Å²) in [5, 5.41) is 14.4. The zero-order chi connectivity index (χ0) is 21.8. The fourth-order valence-electron chi connectivity index (χ4n) is 3.75. The van der Waals surface area contributed by atoms with Gasteiger partial charge in [-0.3, -0.25) is 9.78 Å². The predicted molar refractivity (Wildman–Crippen MR) is 127 cm³/mol. The van der Waals surface area contributed by atoms with E-state index >= 15 is 0 Å². The lowest BCUT2D eigenvalue weighted by atomic mass is 10.1. The molecule has 5 heteroatoms. The number of hydrogen-bond donors (Lipinski definition) is 1. The molecule has 1 N–H and O–H groups in total. The maximum atomic E-state index is 13.0. The summed E-state index contributed by atoms with van der Waals surface area (Å²) in [4.78, 5) is 0. The number of aryl methyl sites for hydroxylation is 1. The Hall–Kier alpha value is -3.47. The minimum absolute atomic E-state index is 0. The van der Waals surface area contributed by atoms with Crippen molar-refractivity contribution in [2.45, 2.75) is 39.7 Å². The molecule has 0 atom stereocenters. The van der Waals surface area contributed by atoms with Crippen LogP contribution in [0.1, 0.15) is 45.1 Å². The van der Waals surface area contributed by atoms with Crippen LogP contribution in [0.25, 0.3) is 21.8 Å². The Morgan fingerprint density at radius 2 is 1.61 bits per heavy atom. The molecule has 160 valence electrons. The van der Waals surface area contributed by atoms with Crippen molar-refractivity contribution in [1.82, 2.24) is 20.0 Å². The molecule has 2 aromatic heterocycles. The number of aromatic amines is 1. The molecule has 5 aromatic rings. The third-order valence-electron chi connectivity index (χ3n) is 5.37. The summed E-state index contributed by atoms with van der Waals surface area (Å²) in [5.74, 6) is 0.177. The Morgan fingerprint density at radius 1 is 0.935 bits per heavy atom. The fraction of sp³-hybridized carbons (Fsp3) is 0.231. The van der Waals surface area contributed by atoms with E-state index in [1.54, 1.807) is 12.1 Å². The van der Waals surface area contributed by atoms with Gasteiger partial charge in [0.2, 0.25) is 0 Å². The zero-order valence-electron chi connectivity index (χ0n) is 18.1. The summed E-state index contributed by atoms with van der Waals surface area (Å²) in [6.45, 7) is 7.08. The molecule has 0 fully saturated rings. The van der Waals surface area contributed by atoms with Gasteiger partial charge in [0.15, 0.2) is 0 Å². The van der Waals surface area contributed by atoms with E-state index in [1.807, 2.05) is 35.0 Å². The lowest BCUT2D eigenvalue weighted by Gasteiger charge is -2.04. The third-order valence-corrected chi connectivity index (χ3v) is 5.37. The summed E-state index contributed by atoms with van der Waals surface area (Å²) >= 11 is 0. The van der Waals surface area contributed by atoms with E-state index in [1.165, 1.54) is 28.6 Å². The summed E-state index contributed by atoms with van der Waals surface area (Å²) in [6, 6.07) is 23.0. The van der Waals surface area contributed by atoms with Crippen molar-refractivity contribution in [3.8, 4) is 0 Å². The Morgan fingerprint density at radius 3 is 2.32 bits per heavy atom. The normalized spacial score (nSPS) is 11.1. The predicted octanol–water partition coefficient (Wildman–Crippen LogP) is 6.72. The monoisotopic (exact) mass is 416 g/mol. The van der Waals surface area contributed by atoms with Gasteiger partial charge in [0, 0.05) is 17.9 Å². The van der Waals surface area contributed by atoms with Crippen molar-refractivity contribution in [2.75, 3.05) is 0 Å². The number of H-pyrrole nitrogens is 1. The van der Waals surface area contributed by atoms with E-state index in [4.69, 9.17) is 5.10 Å². The Labute approximate surface area is 183 Å². The van der Waals surface area contributed by atoms with Gasteiger partial charge in [-0.15, -0.1) is 0 Å². The van der Waals surface area contributed by atoms with Crippen LogP contribution in [0.4, 0.5) is 4.39 Å². The van der Waals surface area contributed by atoms with E-state index in [9.17, 15) is 4.39 Å². The summed E-state index contributed by atoms with van der Waals surface area (Å²) in [7, 11) is 0. The van der Waals surface area contributed by atoms with E-state index < -0.39 is 0 Å². The molecule has 0 aliphatic heterocycles. The first-order valence-electron chi connectivity index (χ1n) is 10.7. The quantitative estimate of drug-likeness (QED) is 0.353. The number of fused-ring (bicyclic) bond motifs is 2. The van der Waals surface area contributed by atoms with E-state index in [0.29, 0.717) is 12.5 Å². The SMILES string of the molecule is CC(C)c1nn(Cc2ccc(F)cc2)c2ccccc12.CCc1[nH]nc2ccccc12.[HH]. The number of hydrogen-bond acceptors (Lipinski definition) is 2. The standard InChI is InChI=1S/C17H17FN2.C9H10N2.H2/c1-12(2)17-15-5-3-4-6-16(15)20(19-17)11-13-7-9-14(18)10-8-13;1-2-8-7-5-3-4-6-9(7)11-10-8;/h3-10,12H,11H2,1-2H3;3-6H,2H2,1H3,(H,10,11);1H. The van der Waals surface area contributed by atoms with Gasteiger partial charge in [-0.2, -0.15) is 10.2 Å². The molecular weight excluding hydrogens is 387 g/mol. The second-order valence-corrected chi connectivity index (χ2v) is 7.91. The van der Waals surface area contributed by atoms with Crippen molar-refractivity contribution in [3.63, 3.8) is 0 Å². The van der Waals surface area contributed by atoms with Gasteiger partial charge in [-0.25, -0.2) is 4.39 Å². The van der Waals surface area contributed by atoms with Gasteiger partial charge < -0.3 is 0 Å². The molecule has 0 radical (unpaired) electrons. The lowest BCUT2D eigenvalue weighted by Crippen LogP contribution is -2.02. The lowest BCUT2D eigenvalue weighted by molar-refractivity contribution is 0.624. The number of nitrogens with one attached hydrogen (secondary N) is 1. The molecule has 0 bridgehead atoms. The van der Waals surface area contributed by atoms with Crippen LogP contribution in [-0.4, -0.2) is 20.0 Å². The molecule has 0 aliphatic rings. The molecule has 2 heterocycles. The minimum Gasteiger partial charge on any atom is -0.281 e. The number of halogens is 1. The van der Waals surface area contributed by atoms with Crippen molar-refractivity contribution < 1.29 is 5.82 Å².